The summed E-state index contributed by atoms with van der Waals surface area (Å²) >= 11 is -0.387. The van der Waals surface area contributed by atoms with Crippen LogP contribution in [0.2, 0.25) is 17.0 Å². The number of hydrogen-bond acceptors (Lipinski definition) is 1. The third-order valence-electron chi connectivity index (χ3n) is 5.03. The number of rotatable bonds is 18. The molecule has 0 aromatic heterocycles. The fraction of sp³-hybridized carbons (Fsp3) is 1.00. The van der Waals surface area contributed by atoms with Crippen molar-refractivity contribution in [3.63, 3.8) is 0 Å². The van der Waals surface area contributed by atoms with Gasteiger partial charge < -0.3 is 0 Å². The summed E-state index contributed by atoms with van der Waals surface area (Å²) in [6.07, 6.45) is 19.9. The van der Waals surface area contributed by atoms with E-state index in [1.54, 1.807) is 0 Å². The van der Waals surface area contributed by atoms with Crippen molar-refractivity contribution in [1.29, 1.82) is 0 Å². The molecule has 24 heavy (non-hydrogen) atoms. The van der Waals surface area contributed by atoms with Gasteiger partial charge in [0.15, 0.2) is 0 Å². The van der Waals surface area contributed by atoms with Crippen molar-refractivity contribution in [1.82, 2.24) is 0 Å². The van der Waals surface area contributed by atoms with Crippen molar-refractivity contribution in [3.05, 3.63) is 0 Å². The van der Waals surface area contributed by atoms with Gasteiger partial charge in [-0.25, -0.2) is 0 Å². The van der Waals surface area contributed by atoms with E-state index in [9.17, 15) is 5.11 Å². The van der Waals surface area contributed by atoms with Crippen LogP contribution in [0.1, 0.15) is 110 Å². The predicted octanol–water partition coefficient (Wildman–Crippen LogP) is 7.61. The van der Waals surface area contributed by atoms with E-state index in [1.165, 1.54) is 88.8 Å². The first kappa shape index (κ1) is 24.5. The molecule has 0 aliphatic rings. The van der Waals surface area contributed by atoms with Crippen molar-refractivity contribution < 1.29 is 5.11 Å². The van der Waals surface area contributed by atoms with Crippen LogP contribution in [0.3, 0.4) is 0 Å². The molecule has 0 heterocycles. The van der Waals surface area contributed by atoms with Crippen LogP contribution in [0.15, 0.2) is 0 Å². The Morgan fingerprint density at radius 3 is 1.67 bits per heavy atom. The molecule has 1 N–H and O–H groups in total. The van der Waals surface area contributed by atoms with Gasteiger partial charge in [-0.05, 0) is 0 Å². The standard InChI is InChI=1S/C22H47OSe/c1-5-7-9-11-12-13-14-15-17-21(20-24(3)4)19-22(23)18-16-10-8-6-2/h21-23H,5-20H2,1-4H3/q+1. The Bertz CT molecular complexity index is 242. The third kappa shape index (κ3) is 17.3. The maximum absolute atomic E-state index is 10.4. The first-order valence-electron chi connectivity index (χ1n) is 10.8. The SMILES string of the molecule is CCCCCCCCCCC(CC(O)CCCCCC)C[Se+](C)C. The van der Waals surface area contributed by atoms with Crippen LogP contribution in [0.25, 0.3) is 0 Å². The van der Waals surface area contributed by atoms with Crippen molar-refractivity contribution >= 4 is 13.9 Å². The van der Waals surface area contributed by atoms with E-state index in [-0.39, 0.29) is 20.0 Å². The van der Waals surface area contributed by atoms with Crippen LogP contribution in [-0.4, -0.2) is 25.1 Å². The molecule has 146 valence electrons. The minimum absolute atomic E-state index is 0.0359. The Balaban J connectivity index is 3.79. The molecule has 1 nitrogen and oxygen atoms in total. The molecule has 0 fully saturated rings. The zero-order valence-corrected chi connectivity index (χ0v) is 19.0. The van der Waals surface area contributed by atoms with Crippen LogP contribution in [0, 0.1) is 5.92 Å². The van der Waals surface area contributed by atoms with Crippen molar-refractivity contribution in [2.45, 2.75) is 133 Å². The molecular weight excluding hydrogens is 359 g/mol. The van der Waals surface area contributed by atoms with Crippen LogP contribution in [0.5, 0.6) is 0 Å². The molecule has 0 bridgehead atoms. The second-order valence-corrected chi connectivity index (χ2v) is 12.9. The number of hydrogen-bond donors (Lipinski definition) is 1. The van der Waals surface area contributed by atoms with Crippen molar-refractivity contribution in [2.75, 3.05) is 0 Å². The van der Waals surface area contributed by atoms with E-state index in [2.05, 4.69) is 25.5 Å². The van der Waals surface area contributed by atoms with Gasteiger partial charge in [0, 0.05) is 0 Å². The Morgan fingerprint density at radius 1 is 0.667 bits per heavy atom. The predicted molar refractivity (Wildman–Crippen MR) is 112 cm³/mol. The van der Waals surface area contributed by atoms with E-state index in [4.69, 9.17) is 0 Å². The summed E-state index contributed by atoms with van der Waals surface area (Å²) in [6, 6.07) is 0. The molecule has 0 spiro atoms. The molecule has 2 unspecified atom stereocenters. The normalized spacial score (nSPS) is 14.2. The second kappa shape index (κ2) is 18.3. The van der Waals surface area contributed by atoms with Crippen LogP contribution in [-0.2, 0) is 0 Å². The molecule has 0 aliphatic carbocycles. The fourth-order valence-corrected chi connectivity index (χ4v) is 6.23. The molecule has 0 aromatic rings. The van der Waals surface area contributed by atoms with Gasteiger partial charge in [-0.3, -0.25) is 0 Å². The monoisotopic (exact) mass is 407 g/mol. The molecule has 0 rings (SSSR count). The van der Waals surface area contributed by atoms with Gasteiger partial charge in [0.1, 0.15) is 0 Å². The average molecular weight is 407 g/mol. The van der Waals surface area contributed by atoms with Crippen molar-refractivity contribution in [3.8, 4) is 0 Å². The van der Waals surface area contributed by atoms with Crippen LogP contribution >= 0.6 is 0 Å². The summed E-state index contributed by atoms with van der Waals surface area (Å²) in [7, 11) is 0. The summed E-state index contributed by atoms with van der Waals surface area (Å²) < 4.78 is 0. The van der Waals surface area contributed by atoms with Gasteiger partial charge >= 0.3 is 158 Å². The Labute approximate surface area is 158 Å². The minimum atomic E-state index is -0.387. The fourth-order valence-electron chi connectivity index (χ4n) is 3.62. The summed E-state index contributed by atoms with van der Waals surface area (Å²) in [5, 5.41) is 11.8. The summed E-state index contributed by atoms with van der Waals surface area (Å²) in [6.45, 7) is 4.54. The molecule has 0 amide bonds. The zero-order valence-electron chi connectivity index (χ0n) is 17.3. The van der Waals surface area contributed by atoms with Crippen LogP contribution in [0.4, 0.5) is 0 Å². The summed E-state index contributed by atoms with van der Waals surface area (Å²) in [5.41, 5.74) is 0. The van der Waals surface area contributed by atoms with Gasteiger partial charge in [-0.1, -0.05) is 0 Å². The van der Waals surface area contributed by atoms with Crippen molar-refractivity contribution in [2.24, 2.45) is 5.92 Å². The maximum atomic E-state index is 10.4. The van der Waals surface area contributed by atoms with E-state index in [1.807, 2.05) is 0 Å². The van der Waals surface area contributed by atoms with Gasteiger partial charge in [0.05, 0.1) is 0 Å². The quantitative estimate of drug-likeness (QED) is 0.183. The van der Waals surface area contributed by atoms with E-state index < -0.39 is 0 Å². The number of unbranched alkanes of at least 4 members (excludes halogenated alkanes) is 10. The van der Waals surface area contributed by atoms with Gasteiger partial charge in [-0.15, -0.1) is 0 Å². The zero-order chi connectivity index (χ0) is 18.0. The molecule has 2 heteroatoms. The topological polar surface area (TPSA) is 20.2 Å². The first-order chi connectivity index (χ1) is 11.6. The Hall–Kier alpha value is 0.479. The van der Waals surface area contributed by atoms with Gasteiger partial charge in [-0.2, -0.15) is 0 Å². The number of aliphatic hydroxyl groups excluding tert-OH is 1. The molecular formula is C22H47OSe+. The third-order valence-corrected chi connectivity index (χ3v) is 7.42. The molecule has 2 atom stereocenters. The van der Waals surface area contributed by atoms with Gasteiger partial charge in [0.25, 0.3) is 0 Å². The van der Waals surface area contributed by atoms with Crippen LogP contribution < -0.4 is 0 Å². The van der Waals surface area contributed by atoms with E-state index in [0.29, 0.717) is 0 Å². The average Bonchev–Trinajstić information content (AvgIpc) is 2.53. The summed E-state index contributed by atoms with van der Waals surface area (Å²) in [4.78, 5) is 0. The summed E-state index contributed by atoms with van der Waals surface area (Å²) in [5.74, 6) is 5.70. The number of aliphatic hydroxyl groups is 1. The second-order valence-electron chi connectivity index (χ2n) is 8.02. The van der Waals surface area contributed by atoms with E-state index >= 15 is 0 Å². The van der Waals surface area contributed by atoms with Gasteiger partial charge in [0.2, 0.25) is 0 Å². The first-order valence-corrected chi connectivity index (χ1v) is 15.5. The molecule has 0 saturated carbocycles. The molecule has 0 radical (unpaired) electrons. The molecule has 0 aliphatic heterocycles. The molecule has 0 aromatic carbocycles. The van der Waals surface area contributed by atoms with E-state index in [0.717, 1.165) is 18.8 Å². The Kier molecular flexibility index (Phi) is 18.6. The molecule has 0 saturated heterocycles. The Morgan fingerprint density at radius 2 is 1.12 bits per heavy atom.